The van der Waals surface area contributed by atoms with Crippen molar-refractivity contribution in [3.05, 3.63) is 60.8 Å². The zero-order valence-electron chi connectivity index (χ0n) is 33.8. The minimum atomic E-state index is -4.43. The van der Waals surface area contributed by atoms with Crippen LogP contribution in [0.25, 0.3) is 0 Å². The number of nitrogens with two attached hydrogens (primary N) is 1. The maximum Gasteiger partial charge on any atom is 0.472 e. The Bertz CT molecular complexity index is 1090. The predicted molar refractivity (Wildman–Crippen MR) is 221 cm³/mol. The second-order valence-corrected chi connectivity index (χ2v) is 15.2. The van der Waals surface area contributed by atoms with Crippen LogP contribution in [0.2, 0.25) is 0 Å². The second-order valence-electron chi connectivity index (χ2n) is 13.7. The number of rotatable bonds is 38. The second kappa shape index (κ2) is 38.9. The minimum Gasteiger partial charge on any atom is -0.462 e. The van der Waals surface area contributed by atoms with Crippen LogP contribution in [0.3, 0.4) is 0 Å². The van der Waals surface area contributed by atoms with Crippen LogP contribution in [0.5, 0.6) is 0 Å². The molecule has 0 spiro atoms. The number of phosphoric ester groups is 1. The largest absolute Gasteiger partial charge is 0.472 e. The van der Waals surface area contributed by atoms with Crippen LogP contribution in [0.1, 0.15) is 162 Å². The van der Waals surface area contributed by atoms with Gasteiger partial charge in [-0.1, -0.05) is 139 Å². The van der Waals surface area contributed by atoms with Crippen molar-refractivity contribution in [3.63, 3.8) is 0 Å². The average Bonchev–Trinajstić information content (AvgIpc) is 3.15. The molecule has 0 radical (unpaired) electrons. The number of carbonyl (C=O) groups excluding carboxylic acids is 2. The molecule has 0 amide bonds. The van der Waals surface area contributed by atoms with E-state index < -0.39 is 38.6 Å². The fourth-order valence-electron chi connectivity index (χ4n) is 5.32. The summed E-state index contributed by atoms with van der Waals surface area (Å²) in [5, 5.41) is 10.3. The molecule has 0 aliphatic rings. The number of carbonyl (C=O) groups is 2. The highest BCUT2D eigenvalue weighted by molar-refractivity contribution is 7.47. The Balaban J connectivity index is 4.41. The molecule has 312 valence electrons. The fraction of sp³-hybridized carbons (Fsp3) is 0.721. The van der Waals surface area contributed by atoms with Gasteiger partial charge in [-0.15, -0.1) is 0 Å². The molecule has 54 heavy (non-hydrogen) atoms. The van der Waals surface area contributed by atoms with Crippen LogP contribution in [-0.2, 0) is 32.7 Å². The Morgan fingerprint density at radius 3 is 1.85 bits per heavy atom. The number of unbranched alkanes of at least 4 members (excludes halogenated alkanes) is 14. The van der Waals surface area contributed by atoms with E-state index in [1.807, 2.05) is 12.2 Å². The van der Waals surface area contributed by atoms with E-state index in [2.05, 4.69) is 50.3 Å². The molecular weight excluding hydrogens is 705 g/mol. The van der Waals surface area contributed by atoms with E-state index in [9.17, 15) is 24.2 Å². The summed E-state index contributed by atoms with van der Waals surface area (Å²) in [5.41, 5.74) is 5.33. The normalized spacial score (nSPS) is 14.5. The van der Waals surface area contributed by atoms with E-state index in [-0.39, 0.29) is 32.6 Å². The van der Waals surface area contributed by atoms with Crippen molar-refractivity contribution in [3.8, 4) is 0 Å². The summed E-state index contributed by atoms with van der Waals surface area (Å²) in [6, 6.07) is 0. The molecule has 0 bridgehead atoms. The first-order valence-corrected chi connectivity index (χ1v) is 22.4. The molecule has 3 atom stereocenters. The summed E-state index contributed by atoms with van der Waals surface area (Å²) < 4.78 is 32.6. The van der Waals surface area contributed by atoms with Gasteiger partial charge in [0, 0.05) is 19.4 Å². The summed E-state index contributed by atoms with van der Waals surface area (Å²) in [5.74, 6) is -1.04. The summed E-state index contributed by atoms with van der Waals surface area (Å²) in [6.45, 7) is 3.45. The highest BCUT2D eigenvalue weighted by Crippen LogP contribution is 2.43. The summed E-state index contributed by atoms with van der Waals surface area (Å²) >= 11 is 0. The van der Waals surface area contributed by atoms with Gasteiger partial charge in [0.1, 0.15) is 6.61 Å². The Kier molecular flexibility index (Phi) is 37.2. The number of hydrogen-bond acceptors (Lipinski definition) is 9. The first kappa shape index (κ1) is 51.7. The molecule has 0 heterocycles. The molecular formula is C43H76NO9P. The SMILES string of the molecule is CCCCC/C=C/C/C=C/C/C=C/C=C/C(O)CCCC(=O)OC(COC(=O)CCCCCCC/C=C\CCCCCCCC)COP(=O)(O)OCCN. The summed E-state index contributed by atoms with van der Waals surface area (Å²) in [6.07, 6.45) is 41.4. The topological polar surface area (TPSA) is 155 Å². The van der Waals surface area contributed by atoms with E-state index in [0.717, 1.165) is 51.4 Å². The van der Waals surface area contributed by atoms with Crippen LogP contribution in [-0.4, -0.2) is 60.5 Å². The molecule has 0 aliphatic carbocycles. The highest BCUT2D eigenvalue weighted by atomic mass is 31.2. The zero-order chi connectivity index (χ0) is 39.8. The van der Waals surface area contributed by atoms with E-state index in [1.54, 1.807) is 12.2 Å². The van der Waals surface area contributed by atoms with Crippen molar-refractivity contribution in [2.24, 2.45) is 5.73 Å². The van der Waals surface area contributed by atoms with Crippen LogP contribution in [0, 0.1) is 0 Å². The van der Waals surface area contributed by atoms with Crippen molar-refractivity contribution >= 4 is 19.8 Å². The number of esters is 2. The predicted octanol–water partition coefficient (Wildman–Crippen LogP) is 10.7. The van der Waals surface area contributed by atoms with Gasteiger partial charge < -0.3 is 25.2 Å². The maximum absolute atomic E-state index is 12.6. The van der Waals surface area contributed by atoms with Gasteiger partial charge in [0.15, 0.2) is 6.10 Å². The zero-order valence-corrected chi connectivity index (χ0v) is 34.7. The van der Waals surface area contributed by atoms with Crippen molar-refractivity contribution in [1.29, 1.82) is 0 Å². The Hall–Kier alpha value is -2.33. The molecule has 11 heteroatoms. The summed E-state index contributed by atoms with van der Waals surface area (Å²) in [7, 11) is -4.43. The molecule has 0 saturated carbocycles. The molecule has 0 aromatic rings. The van der Waals surface area contributed by atoms with E-state index >= 15 is 0 Å². The molecule has 0 aromatic heterocycles. The molecule has 0 saturated heterocycles. The van der Waals surface area contributed by atoms with Gasteiger partial charge in [0.2, 0.25) is 0 Å². The summed E-state index contributed by atoms with van der Waals surface area (Å²) in [4.78, 5) is 34.8. The first-order chi connectivity index (χ1) is 26.2. The highest BCUT2D eigenvalue weighted by Gasteiger charge is 2.26. The lowest BCUT2D eigenvalue weighted by molar-refractivity contribution is -0.161. The quantitative estimate of drug-likeness (QED) is 0.0181. The standard InChI is InChI=1S/C43H76NO9P/c1-3-5-7-9-11-13-15-17-18-20-22-24-26-28-30-34-42(46)50-38-41(39-52-54(48,49)51-37-36-44)53-43(47)35-31-33-40(45)32-29-27-25-23-21-19-16-14-12-10-8-6-4-2/h12,14,17-19,21,25,27,29,32,40-41,45H,3-11,13,15-16,20,22-24,26,28,30-31,33-39,44H2,1-2H3,(H,48,49)/b14-12+,18-17-,21-19+,27-25+,32-29+. The monoisotopic (exact) mass is 782 g/mol. The van der Waals surface area contributed by atoms with Gasteiger partial charge in [0.05, 0.1) is 19.3 Å². The van der Waals surface area contributed by atoms with Gasteiger partial charge >= 0.3 is 19.8 Å². The molecule has 4 N–H and O–H groups in total. The van der Waals surface area contributed by atoms with Crippen LogP contribution >= 0.6 is 7.82 Å². The molecule has 0 aliphatic heterocycles. The third-order valence-electron chi connectivity index (χ3n) is 8.48. The van der Waals surface area contributed by atoms with E-state index in [1.165, 1.54) is 64.2 Å². The number of aliphatic hydroxyl groups is 1. The van der Waals surface area contributed by atoms with Crippen LogP contribution in [0.4, 0.5) is 0 Å². The smallest absolute Gasteiger partial charge is 0.462 e. The lowest BCUT2D eigenvalue weighted by Crippen LogP contribution is -2.29. The fourth-order valence-corrected chi connectivity index (χ4v) is 6.08. The Morgan fingerprint density at radius 1 is 0.648 bits per heavy atom. The lowest BCUT2D eigenvalue weighted by Gasteiger charge is -2.20. The van der Waals surface area contributed by atoms with Gasteiger partial charge in [0.25, 0.3) is 0 Å². The van der Waals surface area contributed by atoms with Crippen LogP contribution < -0.4 is 5.73 Å². The van der Waals surface area contributed by atoms with E-state index in [0.29, 0.717) is 19.3 Å². The van der Waals surface area contributed by atoms with Gasteiger partial charge in [-0.3, -0.25) is 18.6 Å². The van der Waals surface area contributed by atoms with Crippen molar-refractivity contribution < 1.29 is 42.7 Å². The third-order valence-corrected chi connectivity index (χ3v) is 9.46. The first-order valence-electron chi connectivity index (χ1n) is 20.9. The van der Waals surface area contributed by atoms with Crippen LogP contribution in [0.15, 0.2) is 60.8 Å². The number of ether oxygens (including phenoxy) is 2. The van der Waals surface area contributed by atoms with Crippen molar-refractivity contribution in [2.45, 2.75) is 174 Å². The Labute approximate surface area is 328 Å². The van der Waals surface area contributed by atoms with Crippen molar-refractivity contribution in [1.82, 2.24) is 0 Å². The van der Waals surface area contributed by atoms with Gasteiger partial charge in [-0.2, -0.15) is 0 Å². The van der Waals surface area contributed by atoms with Gasteiger partial charge in [-0.25, -0.2) is 4.57 Å². The van der Waals surface area contributed by atoms with Gasteiger partial charge in [-0.05, 0) is 70.6 Å². The van der Waals surface area contributed by atoms with Crippen molar-refractivity contribution in [2.75, 3.05) is 26.4 Å². The number of allylic oxidation sites excluding steroid dienone is 9. The molecule has 0 fully saturated rings. The molecule has 0 rings (SSSR count). The minimum absolute atomic E-state index is 0.00158. The Morgan fingerprint density at radius 2 is 1.19 bits per heavy atom. The number of phosphoric acid groups is 1. The maximum atomic E-state index is 12.6. The lowest BCUT2D eigenvalue weighted by atomic mass is 10.1. The van der Waals surface area contributed by atoms with E-state index in [4.69, 9.17) is 24.3 Å². The number of aliphatic hydroxyl groups excluding tert-OH is 1. The molecule has 10 nitrogen and oxygen atoms in total. The third kappa shape index (κ3) is 38.0. The number of hydrogen-bond donors (Lipinski definition) is 3. The molecule has 0 aromatic carbocycles. The molecule has 3 unspecified atom stereocenters. The average molecular weight is 782 g/mol.